The lowest BCUT2D eigenvalue weighted by Gasteiger charge is -2.06. The summed E-state index contributed by atoms with van der Waals surface area (Å²) in [5.41, 5.74) is 2.32. The molecular formula is C11H21N3O. The second-order valence-corrected chi connectivity index (χ2v) is 3.47. The average Bonchev–Trinajstić information content (AvgIpc) is 2.59. The van der Waals surface area contributed by atoms with E-state index in [0.29, 0.717) is 0 Å². The predicted molar refractivity (Wildman–Crippen MR) is 60.8 cm³/mol. The van der Waals surface area contributed by atoms with Crippen LogP contribution >= 0.6 is 0 Å². The molecule has 0 radical (unpaired) electrons. The fourth-order valence-corrected chi connectivity index (χ4v) is 1.52. The number of ether oxygens (including phenoxy) is 1. The molecule has 0 saturated heterocycles. The Hall–Kier alpha value is -0.870. The van der Waals surface area contributed by atoms with Crippen LogP contribution in [0.25, 0.3) is 0 Å². The first-order valence-electron chi connectivity index (χ1n) is 5.59. The summed E-state index contributed by atoms with van der Waals surface area (Å²) in [5, 5.41) is 7.73. The highest BCUT2D eigenvalue weighted by atomic mass is 16.5. The Kier molecular flexibility index (Phi) is 5.36. The van der Waals surface area contributed by atoms with Gasteiger partial charge in [-0.1, -0.05) is 0 Å². The molecule has 1 heterocycles. The Morgan fingerprint density at radius 3 is 2.93 bits per heavy atom. The van der Waals surface area contributed by atoms with Crippen LogP contribution in [-0.2, 0) is 17.8 Å². The van der Waals surface area contributed by atoms with E-state index in [4.69, 9.17) is 4.74 Å². The van der Waals surface area contributed by atoms with Crippen molar-refractivity contribution < 1.29 is 4.74 Å². The van der Waals surface area contributed by atoms with Gasteiger partial charge in [-0.2, -0.15) is 5.10 Å². The summed E-state index contributed by atoms with van der Waals surface area (Å²) in [7, 11) is 0. The number of rotatable bonds is 7. The molecule has 0 unspecified atom stereocenters. The summed E-state index contributed by atoms with van der Waals surface area (Å²) >= 11 is 0. The fourth-order valence-electron chi connectivity index (χ4n) is 1.52. The Balaban J connectivity index is 2.30. The van der Waals surface area contributed by atoms with Crippen LogP contribution in [0.1, 0.15) is 25.2 Å². The van der Waals surface area contributed by atoms with Crippen molar-refractivity contribution in [3.05, 3.63) is 17.5 Å². The van der Waals surface area contributed by atoms with Gasteiger partial charge in [0.05, 0.1) is 18.0 Å². The minimum atomic E-state index is 0.774. The Morgan fingerprint density at radius 1 is 1.47 bits per heavy atom. The van der Waals surface area contributed by atoms with Gasteiger partial charge >= 0.3 is 0 Å². The minimum absolute atomic E-state index is 0.774. The molecule has 1 aromatic rings. The second kappa shape index (κ2) is 6.58. The van der Waals surface area contributed by atoms with Crippen molar-refractivity contribution in [2.45, 2.75) is 33.9 Å². The summed E-state index contributed by atoms with van der Waals surface area (Å²) < 4.78 is 7.28. The number of aryl methyl sites for hydroxylation is 2. The van der Waals surface area contributed by atoms with Crippen molar-refractivity contribution in [2.75, 3.05) is 19.8 Å². The average molecular weight is 211 g/mol. The molecule has 0 saturated carbocycles. The molecule has 0 aromatic carbocycles. The van der Waals surface area contributed by atoms with Gasteiger partial charge in [-0.15, -0.1) is 0 Å². The van der Waals surface area contributed by atoms with Crippen LogP contribution in [0.3, 0.4) is 0 Å². The zero-order valence-corrected chi connectivity index (χ0v) is 9.92. The third kappa shape index (κ3) is 4.01. The topological polar surface area (TPSA) is 39.1 Å². The van der Waals surface area contributed by atoms with Crippen molar-refractivity contribution in [1.82, 2.24) is 15.1 Å². The maximum Gasteiger partial charge on any atom is 0.0597 e. The normalized spacial score (nSPS) is 10.9. The molecule has 15 heavy (non-hydrogen) atoms. The zero-order chi connectivity index (χ0) is 11.1. The van der Waals surface area contributed by atoms with E-state index >= 15 is 0 Å². The molecule has 1 N–H and O–H groups in total. The summed E-state index contributed by atoms with van der Waals surface area (Å²) in [6.07, 6.45) is 0. The molecule has 0 amide bonds. The molecule has 0 spiro atoms. The standard InChI is InChI=1S/C11H21N3O/c1-4-14-11(8-10(3)13-14)9-12-6-7-15-5-2/h8,12H,4-7,9H2,1-3H3. The Bertz CT molecular complexity index is 283. The summed E-state index contributed by atoms with van der Waals surface area (Å²) in [4.78, 5) is 0. The molecule has 0 aliphatic carbocycles. The smallest absolute Gasteiger partial charge is 0.0597 e. The molecule has 4 heteroatoms. The highest BCUT2D eigenvalue weighted by Gasteiger charge is 2.02. The van der Waals surface area contributed by atoms with Gasteiger partial charge in [0, 0.05) is 26.2 Å². The van der Waals surface area contributed by atoms with E-state index in [-0.39, 0.29) is 0 Å². The van der Waals surface area contributed by atoms with Gasteiger partial charge in [0.2, 0.25) is 0 Å². The maximum absolute atomic E-state index is 5.25. The number of aromatic nitrogens is 2. The molecule has 86 valence electrons. The monoisotopic (exact) mass is 211 g/mol. The molecule has 0 atom stereocenters. The van der Waals surface area contributed by atoms with E-state index in [0.717, 1.165) is 38.5 Å². The summed E-state index contributed by atoms with van der Waals surface area (Å²) in [6, 6.07) is 2.12. The van der Waals surface area contributed by atoms with Gasteiger partial charge in [-0.25, -0.2) is 0 Å². The van der Waals surface area contributed by atoms with E-state index in [2.05, 4.69) is 23.4 Å². The lowest BCUT2D eigenvalue weighted by Crippen LogP contribution is -2.21. The van der Waals surface area contributed by atoms with Gasteiger partial charge in [-0.3, -0.25) is 4.68 Å². The van der Waals surface area contributed by atoms with Crippen LogP contribution in [0.5, 0.6) is 0 Å². The summed E-state index contributed by atoms with van der Waals surface area (Å²) in [6.45, 7) is 10.4. The van der Waals surface area contributed by atoms with E-state index in [9.17, 15) is 0 Å². The van der Waals surface area contributed by atoms with Gasteiger partial charge < -0.3 is 10.1 Å². The highest BCUT2D eigenvalue weighted by Crippen LogP contribution is 2.02. The number of nitrogens with one attached hydrogen (secondary N) is 1. The fraction of sp³-hybridized carbons (Fsp3) is 0.727. The maximum atomic E-state index is 5.25. The van der Waals surface area contributed by atoms with Crippen LogP contribution in [0.4, 0.5) is 0 Å². The Morgan fingerprint density at radius 2 is 2.27 bits per heavy atom. The van der Waals surface area contributed by atoms with E-state index in [1.165, 1.54) is 5.69 Å². The van der Waals surface area contributed by atoms with Gasteiger partial charge in [0.1, 0.15) is 0 Å². The van der Waals surface area contributed by atoms with E-state index in [1.54, 1.807) is 0 Å². The lowest BCUT2D eigenvalue weighted by atomic mass is 10.3. The first-order chi connectivity index (χ1) is 7.27. The van der Waals surface area contributed by atoms with Crippen molar-refractivity contribution in [3.63, 3.8) is 0 Å². The molecule has 4 nitrogen and oxygen atoms in total. The summed E-state index contributed by atoms with van der Waals surface area (Å²) in [5.74, 6) is 0. The molecular weight excluding hydrogens is 190 g/mol. The van der Waals surface area contributed by atoms with Crippen LogP contribution in [-0.4, -0.2) is 29.5 Å². The third-order valence-corrected chi connectivity index (χ3v) is 2.22. The van der Waals surface area contributed by atoms with Crippen LogP contribution in [0.15, 0.2) is 6.07 Å². The largest absolute Gasteiger partial charge is 0.380 e. The van der Waals surface area contributed by atoms with Crippen molar-refractivity contribution >= 4 is 0 Å². The van der Waals surface area contributed by atoms with Gasteiger partial charge in [-0.05, 0) is 26.8 Å². The SMILES string of the molecule is CCOCCNCc1cc(C)nn1CC. The molecule has 0 fully saturated rings. The molecule has 0 aliphatic rings. The third-order valence-electron chi connectivity index (χ3n) is 2.22. The molecule has 0 bridgehead atoms. The second-order valence-electron chi connectivity index (χ2n) is 3.47. The van der Waals surface area contributed by atoms with Crippen LogP contribution in [0, 0.1) is 6.92 Å². The number of nitrogens with zero attached hydrogens (tertiary/aromatic N) is 2. The Labute approximate surface area is 91.6 Å². The number of hydrogen-bond acceptors (Lipinski definition) is 3. The highest BCUT2D eigenvalue weighted by molar-refractivity contribution is 5.08. The van der Waals surface area contributed by atoms with E-state index < -0.39 is 0 Å². The van der Waals surface area contributed by atoms with Crippen molar-refractivity contribution in [1.29, 1.82) is 0 Å². The molecule has 1 rings (SSSR count). The molecule has 1 aromatic heterocycles. The van der Waals surface area contributed by atoms with E-state index in [1.807, 2.05) is 18.5 Å². The zero-order valence-electron chi connectivity index (χ0n) is 9.92. The molecule has 0 aliphatic heterocycles. The van der Waals surface area contributed by atoms with Crippen LogP contribution in [0.2, 0.25) is 0 Å². The van der Waals surface area contributed by atoms with Gasteiger partial charge in [0.25, 0.3) is 0 Å². The van der Waals surface area contributed by atoms with Crippen molar-refractivity contribution in [3.8, 4) is 0 Å². The van der Waals surface area contributed by atoms with Crippen LogP contribution < -0.4 is 5.32 Å². The first-order valence-corrected chi connectivity index (χ1v) is 5.59. The predicted octanol–water partition coefficient (Wildman–Crippen LogP) is 1.34. The van der Waals surface area contributed by atoms with Crippen molar-refractivity contribution in [2.24, 2.45) is 0 Å². The quantitative estimate of drug-likeness (QED) is 0.692. The minimum Gasteiger partial charge on any atom is -0.380 e. The lowest BCUT2D eigenvalue weighted by molar-refractivity contribution is 0.149. The first kappa shape index (κ1) is 12.2. The van der Waals surface area contributed by atoms with Gasteiger partial charge in [0.15, 0.2) is 0 Å². The number of hydrogen-bond donors (Lipinski definition) is 1.